The van der Waals surface area contributed by atoms with Crippen molar-refractivity contribution >= 4 is 33.0 Å². The summed E-state index contributed by atoms with van der Waals surface area (Å²) in [6.07, 6.45) is 0. The fraction of sp³-hybridized carbons (Fsp3) is 0.150. The molecule has 2 heterocycles. The topological polar surface area (TPSA) is 75.3 Å². The van der Waals surface area contributed by atoms with Crippen LogP contribution in [0.5, 0.6) is 0 Å². The van der Waals surface area contributed by atoms with Crippen molar-refractivity contribution in [2.45, 2.75) is 23.8 Å². The number of carbonyl (C=O) groups excluding carboxylic acids is 1. The van der Waals surface area contributed by atoms with Gasteiger partial charge in [-0.3, -0.25) is 4.79 Å². The van der Waals surface area contributed by atoms with Gasteiger partial charge in [-0.15, -0.1) is 11.3 Å². The number of fused-ring (bicyclic) bond motifs is 1. The van der Waals surface area contributed by atoms with Gasteiger partial charge in [0.1, 0.15) is 0 Å². The van der Waals surface area contributed by atoms with E-state index in [9.17, 15) is 13.2 Å². The van der Waals surface area contributed by atoms with Crippen LogP contribution in [0.25, 0.3) is 0 Å². The Morgan fingerprint density at radius 2 is 1.85 bits per heavy atom. The third-order valence-corrected chi connectivity index (χ3v) is 7.04. The van der Waals surface area contributed by atoms with E-state index >= 15 is 0 Å². The molecule has 3 aromatic rings. The van der Waals surface area contributed by atoms with Gasteiger partial charge in [-0.2, -0.15) is 4.72 Å². The number of benzene rings is 2. The molecule has 5 nitrogen and oxygen atoms in total. The van der Waals surface area contributed by atoms with Crippen LogP contribution in [0.1, 0.15) is 34.9 Å². The molecule has 2 aromatic carbocycles. The molecule has 2 N–H and O–H groups in total. The van der Waals surface area contributed by atoms with Crippen molar-refractivity contribution in [2.24, 2.45) is 0 Å². The number of nitrogens with one attached hydrogen (secondary N) is 2. The van der Waals surface area contributed by atoms with Crippen LogP contribution in [0.2, 0.25) is 0 Å². The zero-order valence-electron chi connectivity index (χ0n) is 14.5. The average molecular weight is 399 g/mol. The number of amides is 1. The second-order valence-corrected chi connectivity index (χ2v) is 9.13. The third-order valence-electron chi connectivity index (χ3n) is 4.68. The smallest absolute Gasteiger partial charge is 0.241 e. The Kier molecular flexibility index (Phi) is 4.59. The first kappa shape index (κ1) is 17.9. The van der Waals surface area contributed by atoms with E-state index in [1.165, 1.54) is 17.4 Å². The van der Waals surface area contributed by atoms with Crippen LogP contribution in [0.3, 0.4) is 0 Å². The van der Waals surface area contributed by atoms with E-state index in [-0.39, 0.29) is 16.7 Å². The van der Waals surface area contributed by atoms with Crippen molar-refractivity contribution < 1.29 is 13.2 Å². The van der Waals surface area contributed by atoms with Gasteiger partial charge in [0.05, 0.1) is 16.9 Å². The van der Waals surface area contributed by atoms with Crippen LogP contribution in [0.15, 0.2) is 70.9 Å². The molecule has 4 rings (SSSR count). The van der Waals surface area contributed by atoms with Gasteiger partial charge in [-0.05, 0) is 47.7 Å². The molecule has 0 spiro atoms. The summed E-state index contributed by atoms with van der Waals surface area (Å²) in [5, 5.41) is 4.69. The molecule has 0 unspecified atom stereocenters. The van der Waals surface area contributed by atoms with E-state index in [0.717, 1.165) is 10.4 Å². The molecule has 27 heavy (non-hydrogen) atoms. The van der Waals surface area contributed by atoms with E-state index in [1.54, 1.807) is 19.1 Å². The second kappa shape index (κ2) is 6.92. The molecule has 7 heteroatoms. The third kappa shape index (κ3) is 3.41. The van der Waals surface area contributed by atoms with Gasteiger partial charge in [0.25, 0.3) is 0 Å². The summed E-state index contributed by atoms with van der Waals surface area (Å²) in [7, 11) is -3.78. The molecular formula is C20H18N2O3S2. The zero-order valence-corrected chi connectivity index (χ0v) is 16.2. The minimum Gasteiger partial charge on any atom is -0.325 e. The summed E-state index contributed by atoms with van der Waals surface area (Å²) in [6.45, 7) is 1.77. The molecule has 1 aromatic heterocycles. The van der Waals surface area contributed by atoms with Gasteiger partial charge < -0.3 is 5.32 Å². The maximum Gasteiger partial charge on any atom is 0.241 e. The van der Waals surface area contributed by atoms with Crippen molar-refractivity contribution in [1.82, 2.24) is 4.72 Å². The lowest BCUT2D eigenvalue weighted by molar-refractivity contribution is -0.116. The molecule has 138 valence electrons. The van der Waals surface area contributed by atoms with Crippen LogP contribution < -0.4 is 10.0 Å². The zero-order chi connectivity index (χ0) is 19.0. The van der Waals surface area contributed by atoms with E-state index in [0.29, 0.717) is 11.3 Å². The monoisotopic (exact) mass is 398 g/mol. The number of rotatable bonds is 5. The van der Waals surface area contributed by atoms with E-state index in [2.05, 4.69) is 10.0 Å². The molecule has 0 saturated heterocycles. The highest BCUT2D eigenvalue weighted by molar-refractivity contribution is 7.89. The number of thiophene rings is 1. The second-order valence-electron chi connectivity index (χ2n) is 6.44. The molecule has 1 amide bonds. The Hall–Kier alpha value is -2.48. The van der Waals surface area contributed by atoms with Gasteiger partial charge in [-0.25, -0.2) is 8.42 Å². The molecule has 1 aliphatic rings. The van der Waals surface area contributed by atoms with Gasteiger partial charge in [-0.1, -0.05) is 36.4 Å². The predicted octanol–water partition coefficient (Wildman–Crippen LogP) is 3.87. The summed E-state index contributed by atoms with van der Waals surface area (Å²) in [5.41, 5.74) is 2.24. The van der Waals surface area contributed by atoms with E-state index < -0.39 is 16.1 Å². The molecule has 0 fully saturated rings. The van der Waals surface area contributed by atoms with Crippen LogP contribution >= 0.6 is 11.3 Å². The number of carbonyl (C=O) groups is 1. The summed E-state index contributed by atoms with van der Waals surface area (Å²) < 4.78 is 29.0. The Balaban J connectivity index is 1.71. The van der Waals surface area contributed by atoms with Gasteiger partial charge in [0.15, 0.2) is 0 Å². The first-order valence-corrected chi connectivity index (χ1v) is 10.9. The summed E-state index contributed by atoms with van der Waals surface area (Å²) in [5.74, 6) is -0.481. The molecule has 0 radical (unpaired) electrons. The van der Waals surface area contributed by atoms with Gasteiger partial charge in [0.2, 0.25) is 15.9 Å². The molecule has 0 bridgehead atoms. The van der Waals surface area contributed by atoms with Gasteiger partial charge >= 0.3 is 0 Å². The minimum atomic E-state index is -3.78. The summed E-state index contributed by atoms with van der Waals surface area (Å²) in [6, 6.07) is 17.6. The average Bonchev–Trinajstić information content (AvgIpc) is 3.29. The number of sulfonamides is 1. The lowest BCUT2D eigenvalue weighted by Crippen LogP contribution is -2.29. The first-order valence-electron chi connectivity index (χ1n) is 8.51. The SMILES string of the molecule is C[C@H]1C(=O)Nc2ccc(S(=O)(=O)N[C@@H](c3ccccc3)c3cccs3)cc21. The van der Waals surface area contributed by atoms with Crippen LogP contribution in [-0.2, 0) is 14.8 Å². The number of anilines is 1. The fourth-order valence-corrected chi connectivity index (χ4v) is 5.29. The maximum absolute atomic E-state index is 13.1. The molecule has 0 saturated carbocycles. The Morgan fingerprint density at radius 3 is 2.56 bits per heavy atom. The number of hydrogen-bond acceptors (Lipinski definition) is 4. The Morgan fingerprint density at radius 1 is 1.07 bits per heavy atom. The lowest BCUT2D eigenvalue weighted by atomic mass is 10.0. The van der Waals surface area contributed by atoms with Crippen molar-refractivity contribution in [3.8, 4) is 0 Å². The van der Waals surface area contributed by atoms with E-state index in [1.807, 2.05) is 47.8 Å². The Labute approximate surface area is 162 Å². The normalized spacial score (nSPS) is 17.4. The van der Waals surface area contributed by atoms with Crippen molar-refractivity contribution in [1.29, 1.82) is 0 Å². The minimum absolute atomic E-state index is 0.117. The van der Waals surface area contributed by atoms with Crippen LogP contribution in [-0.4, -0.2) is 14.3 Å². The molecule has 2 atom stereocenters. The van der Waals surface area contributed by atoms with Crippen LogP contribution in [0.4, 0.5) is 5.69 Å². The van der Waals surface area contributed by atoms with Crippen LogP contribution in [0, 0.1) is 0 Å². The lowest BCUT2D eigenvalue weighted by Gasteiger charge is -2.18. The highest BCUT2D eigenvalue weighted by Gasteiger charge is 2.29. The van der Waals surface area contributed by atoms with Crippen molar-refractivity contribution in [3.63, 3.8) is 0 Å². The summed E-state index contributed by atoms with van der Waals surface area (Å²) in [4.78, 5) is 12.9. The van der Waals surface area contributed by atoms with Crippen molar-refractivity contribution in [2.75, 3.05) is 5.32 Å². The maximum atomic E-state index is 13.1. The highest BCUT2D eigenvalue weighted by Crippen LogP contribution is 2.34. The summed E-state index contributed by atoms with van der Waals surface area (Å²) >= 11 is 1.50. The number of hydrogen-bond donors (Lipinski definition) is 2. The standard InChI is InChI=1S/C20H18N2O3S2/c1-13-16-12-15(9-10-17(16)21-20(13)23)27(24,25)22-19(18-8-5-11-26-18)14-6-3-2-4-7-14/h2-13,19,22H,1H3,(H,21,23)/t13-,19+/m1/s1. The highest BCUT2D eigenvalue weighted by atomic mass is 32.2. The molecular weight excluding hydrogens is 380 g/mol. The van der Waals surface area contributed by atoms with Crippen molar-refractivity contribution in [3.05, 3.63) is 82.0 Å². The molecule has 1 aliphatic heterocycles. The Bertz CT molecular complexity index is 1080. The largest absolute Gasteiger partial charge is 0.325 e. The molecule has 0 aliphatic carbocycles. The predicted molar refractivity (Wildman–Crippen MR) is 106 cm³/mol. The van der Waals surface area contributed by atoms with E-state index in [4.69, 9.17) is 0 Å². The quantitative estimate of drug-likeness (QED) is 0.685. The first-order chi connectivity index (χ1) is 13.0. The fourth-order valence-electron chi connectivity index (χ4n) is 3.18. The van der Waals surface area contributed by atoms with Gasteiger partial charge in [0, 0.05) is 10.6 Å².